The van der Waals surface area contributed by atoms with Crippen molar-refractivity contribution >= 4 is 16.8 Å². The van der Waals surface area contributed by atoms with Crippen LogP contribution < -0.4 is 5.32 Å². The van der Waals surface area contributed by atoms with E-state index in [1.807, 2.05) is 6.92 Å². The van der Waals surface area contributed by atoms with Gasteiger partial charge in [-0.05, 0) is 12.5 Å². The second kappa shape index (κ2) is 6.11. The van der Waals surface area contributed by atoms with Crippen molar-refractivity contribution in [2.45, 2.75) is 13.3 Å². The number of nitrogens with one attached hydrogen (secondary N) is 1. The minimum absolute atomic E-state index is 0.0656. The molecule has 3 heteroatoms. The van der Waals surface area contributed by atoms with Gasteiger partial charge in [0.25, 0.3) is 0 Å². The Morgan fingerprint density at radius 2 is 2.18 bits per heavy atom. The van der Waals surface area contributed by atoms with Crippen molar-refractivity contribution in [1.82, 2.24) is 5.32 Å². The molecule has 0 rings (SSSR count). The Balaban J connectivity index is 3.43. The second-order valence-electron chi connectivity index (χ2n) is 2.31. The molecule has 0 saturated carbocycles. The van der Waals surface area contributed by atoms with E-state index < -0.39 is 0 Å². The molecule has 0 saturated heterocycles. The van der Waals surface area contributed by atoms with Crippen LogP contribution in [0, 0.1) is 11.2 Å². The normalized spacial score (nSPS) is 9.55. The summed E-state index contributed by atoms with van der Waals surface area (Å²) in [5.74, 6) is 2.96. The molecule has 0 heterocycles. The fourth-order valence-electron chi connectivity index (χ4n) is 0.465. The van der Waals surface area contributed by atoms with Gasteiger partial charge < -0.3 is 5.32 Å². The van der Waals surface area contributed by atoms with Crippen LogP contribution in [0.4, 0.5) is 0 Å². The van der Waals surface area contributed by atoms with Crippen LogP contribution in [-0.4, -0.2) is 25.0 Å². The van der Waals surface area contributed by atoms with Crippen LogP contribution in [0.1, 0.15) is 13.3 Å². The van der Waals surface area contributed by atoms with Gasteiger partial charge in [0.1, 0.15) is 0 Å². The van der Waals surface area contributed by atoms with Crippen LogP contribution in [0.3, 0.4) is 0 Å². The van der Waals surface area contributed by atoms with Gasteiger partial charge in [-0.1, -0.05) is 18.1 Å². The summed E-state index contributed by atoms with van der Waals surface area (Å²) in [5, 5.41) is 5.71. The summed E-state index contributed by atoms with van der Waals surface area (Å²) in [6.07, 6.45) is 4.71. The average molecular weight is 173 g/mol. The van der Waals surface area contributed by atoms with Crippen LogP contribution in [0.2, 0.25) is 0 Å². The number of hydrogen-bond donors (Lipinski definition) is 2. The molecule has 0 aromatic heterocycles. The summed E-state index contributed by atoms with van der Waals surface area (Å²) in [6, 6.07) is 0. The lowest BCUT2D eigenvalue weighted by molar-refractivity contribution is -0.120. The van der Waals surface area contributed by atoms with E-state index in [-0.39, 0.29) is 16.8 Å². The van der Waals surface area contributed by atoms with Gasteiger partial charge >= 0.3 is 0 Å². The SMILES string of the molecule is CCC(=O)NCC#C[SH](C)C. The van der Waals surface area contributed by atoms with E-state index in [2.05, 4.69) is 29.0 Å². The largest absolute Gasteiger partial charge is 0.345 e. The van der Waals surface area contributed by atoms with E-state index in [0.29, 0.717) is 13.0 Å². The van der Waals surface area contributed by atoms with Crippen LogP contribution in [-0.2, 0) is 4.79 Å². The summed E-state index contributed by atoms with van der Waals surface area (Å²) in [6.45, 7) is 2.32. The maximum absolute atomic E-state index is 10.7. The summed E-state index contributed by atoms with van der Waals surface area (Å²) in [4.78, 5) is 10.7. The zero-order valence-corrected chi connectivity index (χ0v) is 8.16. The third-order valence-corrected chi connectivity index (χ3v) is 1.60. The quantitative estimate of drug-likeness (QED) is 0.468. The maximum atomic E-state index is 10.7. The molecule has 0 aliphatic rings. The molecule has 0 bridgehead atoms. The molecule has 0 aliphatic carbocycles. The monoisotopic (exact) mass is 173 g/mol. The van der Waals surface area contributed by atoms with Crippen molar-refractivity contribution in [1.29, 1.82) is 0 Å². The fraction of sp³-hybridized carbons (Fsp3) is 0.625. The molecule has 11 heavy (non-hydrogen) atoms. The zero-order chi connectivity index (χ0) is 8.69. The Morgan fingerprint density at radius 1 is 1.55 bits per heavy atom. The van der Waals surface area contributed by atoms with Gasteiger partial charge in [-0.15, -0.1) is 0 Å². The molecule has 0 aromatic carbocycles. The van der Waals surface area contributed by atoms with Gasteiger partial charge in [0.2, 0.25) is 5.91 Å². The standard InChI is InChI=1S/C8H15NOS/c1-4-8(10)9-6-5-7-11(2)3/h11H,4,6H2,1-3H3,(H,9,10). The first-order valence-electron chi connectivity index (χ1n) is 3.59. The number of amides is 1. The van der Waals surface area contributed by atoms with Crippen molar-refractivity contribution in [2.24, 2.45) is 0 Å². The number of rotatable bonds is 2. The van der Waals surface area contributed by atoms with Crippen molar-refractivity contribution in [2.75, 3.05) is 19.1 Å². The predicted octanol–water partition coefficient (Wildman–Crippen LogP) is 0.734. The van der Waals surface area contributed by atoms with Crippen molar-refractivity contribution in [3.8, 4) is 11.2 Å². The van der Waals surface area contributed by atoms with Crippen LogP contribution in [0.5, 0.6) is 0 Å². The van der Waals surface area contributed by atoms with E-state index in [1.54, 1.807) is 0 Å². The topological polar surface area (TPSA) is 29.1 Å². The van der Waals surface area contributed by atoms with Gasteiger partial charge in [0, 0.05) is 6.42 Å². The van der Waals surface area contributed by atoms with Crippen LogP contribution in [0.25, 0.3) is 0 Å². The van der Waals surface area contributed by atoms with Gasteiger partial charge in [-0.2, -0.15) is 10.9 Å². The van der Waals surface area contributed by atoms with E-state index in [9.17, 15) is 4.79 Å². The molecule has 64 valence electrons. The lowest BCUT2D eigenvalue weighted by Gasteiger charge is -1.96. The van der Waals surface area contributed by atoms with Crippen molar-refractivity contribution < 1.29 is 4.79 Å². The Morgan fingerprint density at radius 3 is 2.64 bits per heavy atom. The molecule has 0 spiro atoms. The summed E-state index contributed by atoms with van der Waals surface area (Å²) in [5.41, 5.74) is 0. The molecule has 0 aliphatic heterocycles. The third kappa shape index (κ3) is 7.27. The lowest BCUT2D eigenvalue weighted by atomic mass is 10.4. The summed E-state index contributed by atoms with van der Waals surface area (Å²) >= 11 is 0. The lowest BCUT2D eigenvalue weighted by Crippen LogP contribution is -2.22. The molecular weight excluding hydrogens is 158 g/mol. The van der Waals surface area contributed by atoms with Gasteiger partial charge in [0.15, 0.2) is 0 Å². The molecule has 0 unspecified atom stereocenters. The van der Waals surface area contributed by atoms with Crippen molar-refractivity contribution in [3.63, 3.8) is 0 Å². The Hall–Kier alpha value is -0.620. The fourth-order valence-corrected chi connectivity index (χ4v) is 0.861. The molecular formula is C8H15NOS. The molecule has 0 radical (unpaired) electrons. The summed E-state index contributed by atoms with van der Waals surface area (Å²) in [7, 11) is -0.148. The van der Waals surface area contributed by atoms with Crippen LogP contribution >= 0.6 is 10.9 Å². The van der Waals surface area contributed by atoms with E-state index in [1.165, 1.54) is 0 Å². The highest BCUT2D eigenvalue weighted by atomic mass is 32.2. The molecule has 1 amide bonds. The minimum Gasteiger partial charge on any atom is -0.345 e. The number of thiol groups is 1. The Kier molecular flexibility index (Phi) is 5.77. The van der Waals surface area contributed by atoms with Gasteiger partial charge in [0.05, 0.1) is 6.54 Å². The maximum Gasteiger partial charge on any atom is 0.220 e. The highest BCUT2D eigenvalue weighted by Gasteiger charge is 1.90. The first-order valence-corrected chi connectivity index (χ1v) is 5.83. The number of carbonyl (C=O) groups excluding carboxylic acids is 1. The molecule has 0 fully saturated rings. The van der Waals surface area contributed by atoms with Gasteiger partial charge in [-0.25, -0.2) is 0 Å². The number of hydrogen-bond acceptors (Lipinski definition) is 1. The average Bonchev–Trinajstić information content (AvgIpc) is 1.97. The Bertz CT molecular complexity index is 178. The first-order chi connectivity index (χ1) is 5.16. The smallest absolute Gasteiger partial charge is 0.220 e. The summed E-state index contributed by atoms with van der Waals surface area (Å²) < 4.78 is 0. The highest BCUT2D eigenvalue weighted by Crippen LogP contribution is 2.07. The van der Waals surface area contributed by atoms with Crippen LogP contribution in [0.15, 0.2) is 0 Å². The molecule has 0 aromatic rings. The van der Waals surface area contributed by atoms with E-state index in [0.717, 1.165) is 0 Å². The zero-order valence-electron chi connectivity index (χ0n) is 7.27. The van der Waals surface area contributed by atoms with Crippen molar-refractivity contribution in [3.05, 3.63) is 0 Å². The third-order valence-electron chi connectivity index (χ3n) is 0.998. The van der Waals surface area contributed by atoms with E-state index >= 15 is 0 Å². The first kappa shape index (κ1) is 10.4. The molecule has 2 nitrogen and oxygen atoms in total. The Labute approximate surface area is 71.1 Å². The molecule has 1 N–H and O–H groups in total. The minimum atomic E-state index is -0.148. The molecule has 0 atom stereocenters. The highest BCUT2D eigenvalue weighted by molar-refractivity contribution is 8.20. The van der Waals surface area contributed by atoms with E-state index in [4.69, 9.17) is 0 Å². The second-order valence-corrected chi connectivity index (χ2v) is 4.33. The predicted molar refractivity (Wildman–Crippen MR) is 51.9 cm³/mol. The van der Waals surface area contributed by atoms with Gasteiger partial charge in [-0.3, -0.25) is 4.79 Å². The number of carbonyl (C=O) groups is 1.